The Balaban J connectivity index is 1.76. The highest BCUT2D eigenvalue weighted by atomic mass is 16.3. The summed E-state index contributed by atoms with van der Waals surface area (Å²) in [6.45, 7) is 5.71. The van der Waals surface area contributed by atoms with Crippen molar-refractivity contribution in [1.82, 2.24) is 9.97 Å². The molecule has 1 aliphatic rings. The van der Waals surface area contributed by atoms with Crippen LogP contribution in [0.1, 0.15) is 26.7 Å². The number of anilines is 1. The van der Waals surface area contributed by atoms with Gasteiger partial charge in [0, 0.05) is 24.8 Å². The third kappa shape index (κ3) is 2.78. The largest absolute Gasteiger partial charge is 0.472 e. The molecular formula is C16H21N3O2. The highest BCUT2D eigenvalue weighted by molar-refractivity contribution is 5.58. The predicted molar refractivity (Wildman–Crippen MR) is 81.0 cm³/mol. The molecule has 1 N–H and O–H groups in total. The van der Waals surface area contributed by atoms with E-state index in [0.29, 0.717) is 0 Å². The standard InChI is InChI=1S/C16H21N3O2/c1-12(2)16(20)5-8-19(9-6-16)15-17-7-3-14(18-15)13-4-10-21-11-13/h3-4,7,10-12,20H,5-6,8-9H2,1-2H3. The summed E-state index contributed by atoms with van der Waals surface area (Å²) in [5, 5.41) is 10.5. The van der Waals surface area contributed by atoms with Crippen molar-refractivity contribution in [1.29, 1.82) is 0 Å². The second-order valence-electron chi connectivity index (χ2n) is 6.00. The molecule has 0 saturated carbocycles. The van der Waals surface area contributed by atoms with E-state index in [1.807, 2.05) is 12.1 Å². The fourth-order valence-corrected chi connectivity index (χ4v) is 2.74. The third-order valence-corrected chi connectivity index (χ3v) is 4.45. The molecule has 1 aliphatic heterocycles. The van der Waals surface area contributed by atoms with E-state index < -0.39 is 5.60 Å². The van der Waals surface area contributed by atoms with E-state index in [0.717, 1.165) is 43.1 Å². The van der Waals surface area contributed by atoms with Crippen molar-refractivity contribution < 1.29 is 9.52 Å². The monoisotopic (exact) mass is 287 g/mol. The number of aliphatic hydroxyl groups is 1. The summed E-state index contributed by atoms with van der Waals surface area (Å²) in [6, 6.07) is 3.77. The Kier molecular flexibility index (Phi) is 3.68. The van der Waals surface area contributed by atoms with Gasteiger partial charge < -0.3 is 14.4 Å². The maximum Gasteiger partial charge on any atom is 0.225 e. The third-order valence-electron chi connectivity index (χ3n) is 4.45. The molecule has 0 aliphatic carbocycles. The SMILES string of the molecule is CC(C)C1(O)CCN(c2nccc(-c3ccoc3)n2)CC1. The molecule has 0 unspecified atom stereocenters. The van der Waals surface area contributed by atoms with Crippen LogP contribution in [0.5, 0.6) is 0 Å². The summed E-state index contributed by atoms with van der Waals surface area (Å²) in [7, 11) is 0. The van der Waals surface area contributed by atoms with Gasteiger partial charge in [-0.3, -0.25) is 0 Å². The van der Waals surface area contributed by atoms with Gasteiger partial charge in [0.1, 0.15) is 0 Å². The van der Waals surface area contributed by atoms with Crippen LogP contribution in [0.2, 0.25) is 0 Å². The first-order valence-electron chi connectivity index (χ1n) is 7.41. The van der Waals surface area contributed by atoms with Crippen molar-refractivity contribution in [3.8, 4) is 11.3 Å². The van der Waals surface area contributed by atoms with Gasteiger partial charge >= 0.3 is 0 Å². The fraction of sp³-hybridized carbons (Fsp3) is 0.500. The minimum atomic E-state index is -0.557. The molecule has 21 heavy (non-hydrogen) atoms. The Morgan fingerprint density at radius 1 is 1.29 bits per heavy atom. The van der Waals surface area contributed by atoms with Crippen LogP contribution in [0.4, 0.5) is 5.95 Å². The summed E-state index contributed by atoms with van der Waals surface area (Å²) in [5.74, 6) is 0.998. The van der Waals surface area contributed by atoms with Crippen LogP contribution in [0.25, 0.3) is 11.3 Å². The van der Waals surface area contributed by atoms with Gasteiger partial charge in [-0.05, 0) is 30.9 Å². The predicted octanol–water partition coefficient (Wildman–Crippen LogP) is 2.72. The Labute approximate surface area is 124 Å². The summed E-state index contributed by atoms with van der Waals surface area (Å²) >= 11 is 0. The van der Waals surface area contributed by atoms with Gasteiger partial charge in [0.05, 0.1) is 23.8 Å². The van der Waals surface area contributed by atoms with Gasteiger partial charge in [0.15, 0.2) is 0 Å². The highest BCUT2D eigenvalue weighted by Crippen LogP contribution is 2.31. The molecule has 1 fully saturated rings. The molecule has 1 saturated heterocycles. The zero-order chi connectivity index (χ0) is 14.9. The van der Waals surface area contributed by atoms with Gasteiger partial charge in [0.2, 0.25) is 5.95 Å². The molecule has 0 spiro atoms. The molecule has 0 amide bonds. The van der Waals surface area contributed by atoms with Crippen LogP contribution in [-0.4, -0.2) is 33.8 Å². The van der Waals surface area contributed by atoms with Crippen LogP contribution < -0.4 is 4.90 Å². The zero-order valence-electron chi connectivity index (χ0n) is 12.5. The molecule has 0 atom stereocenters. The normalized spacial score (nSPS) is 18.2. The lowest BCUT2D eigenvalue weighted by molar-refractivity contribution is -0.0263. The lowest BCUT2D eigenvalue weighted by Gasteiger charge is -2.40. The molecule has 0 bridgehead atoms. The van der Waals surface area contributed by atoms with Gasteiger partial charge in [-0.25, -0.2) is 9.97 Å². The van der Waals surface area contributed by atoms with E-state index in [2.05, 4.69) is 28.7 Å². The van der Waals surface area contributed by atoms with Crippen molar-refractivity contribution >= 4 is 5.95 Å². The number of hydrogen-bond donors (Lipinski definition) is 1. The molecule has 0 radical (unpaired) electrons. The van der Waals surface area contributed by atoms with Gasteiger partial charge in [-0.15, -0.1) is 0 Å². The molecule has 5 heteroatoms. The summed E-state index contributed by atoms with van der Waals surface area (Å²) in [5.41, 5.74) is 1.26. The lowest BCUT2D eigenvalue weighted by atomic mass is 9.82. The van der Waals surface area contributed by atoms with E-state index in [4.69, 9.17) is 4.42 Å². The smallest absolute Gasteiger partial charge is 0.225 e. The van der Waals surface area contributed by atoms with Crippen LogP contribution >= 0.6 is 0 Å². The maximum atomic E-state index is 10.5. The second-order valence-corrected chi connectivity index (χ2v) is 6.00. The van der Waals surface area contributed by atoms with E-state index in [9.17, 15) is 5.11 Å². The number of nitrogens with zero attached hydrogens (tertiary/aromatic N) is 3. The Bertz CT molecular complexity index is 587. The quantitative estimate of drug-likeness (QED) is 0.940. The first-order chi connectivity index (χ1) is 10.1. The first kappa shape index (κ1) is 14.1. The Morgan fingerprint density at radius 2 is 2.05 bits per heavy atom. The molecule has 2 aromatic heterocycles. The average Bonchev–Trinajstić information content (AvgIpc) is 3.02. The molecular weight excluding hydrogens is 266 g/mol. The van der Waals surface area contributed by atoms with Crippen LogP contribution in [0.15, 0.2) is 35.3 Å². The number of piperidine rings is 1. The van der Waals surface area contributed by atoms with Gasteiger partial charge in [-0.2, -0.15) is 0 Å². The molecule has 0 aromatic carbocycles. The fourth-order valence-electron chi connectivity index (χ4n) is 2.74. The van der Waals surface area contributed by atoms with Crippen molar-refractivity contribution in [2.24, 2.45) is 5.92 Å². The Morgan fingerprint density at radius 3 is 2.67 bits per heavy atom. The average molecular weight is 287 g/mol. The number of furan rings is 1. The van der Waals surface area contributed by atoms with E-state index in [1.165, 1.54) is 0 Å². The molecule has 112 valence electrons. The zero-order valence-corrected chi connectivity index (χ0v) is 12.5. The van der Waals surface area contributed by atoms with E-state index >= 15 is 0 Å². The van der Waals surface area contributed by atoms with Gasteiger partial charge in [-0.1, -0.05) is 13.8 Å². The topological polar surface area (TPSA) is 62.4 Å². The van der Waals surface area contributed by atoms with Crippen molar-refractivity contribution in [2.75, 3.05) is 18.0 Å². The van der Waals surface area contributed by atoms with Crippen LogP contribution in [0, 0.1) is 5.92 Å². The van der Waals surface area contributed by atoms with Crippen molar-refractivity contribution in [3.63, 3.8) is 0 Å². The molecule has 5 nitrogen and oxygen atoms in total. The summed E-state index contributed by atoms with van der Waals surface area (Å²) < 4.78 is 5.10. The molecule has 3 heterocycles. The molecule has 3 rings (SSSR count). The minimum Gasteiger partial charge on any atom is -0.472 e. The number of aromatic nitrogens is 2. The van der Waals surface area contributed by atoms with Gasteiger partial charge in [0.25, 0.3) is 0 Å². The minimum absolute atomic E-state index is 0.276. The van der Waals surface area contributed by atoms with E-state index in [-0.39, 0.29) is 5.92 Å². The van der Waals surface area contributed by atoms with Crippen molar-refractivity contribution in [3.05, 3.63) is 30.9 Å². The van der Waals surface area contributed by atoms with E-state index in [1.54, 1.807) is 18.7 Å². The molecule has 2 aromatic rings. The number of rotatable bonds is 3. The highest BCUT2D eigenvalue weighted by Gasteiger charge is 2.35. The lowest BCUT2D eigenvalue weighted by Crippen LogP contribution is -2.48. The summed E-state index contributed by atoms with van der Waals surface area (Å²) in [6.07, 6.45) is 6.60. The Hall–Kier alpha value is -1.88. The second kappa shape index (κ2) is 5.48. The number of hydrogen-bond acceptors (Lipinski definition) is 5. The first-order valence-corrected chi connectivity index (χ1v) is 7.41. The maximum absolute atomic E-state index is 10.5. The van der Waals surface area contributed by atoms with Crippen LogP contribution in [-0.2, 0) is 0 Å². The van der Waals surface area contributed by atoms with Crippen LogP contribution in [0.3, 0.4) is 0 Å². The van der Waals surface area contributed by atoms with Crippen molar-refractivity contribution in [2.45, 2.75) is 32.3 Å². The summed E-state index contributed by atoms with van der Waals surface area (Å²) in [4.78, 5) is 11.1.